The molecule has 0 atom stereocenters. The van der Waals surface area contributed by atoms with Gasteiger partial charge in [0.2, 0.25) is 0 Å². The third-order valence-electron chi connectivity index (χ3n) is 2.99. The Morgan fingerprint density at radius 2 is 2.10 bits per heavy atom. The van der Waals surface area contributed by atoms with Gasteiger partial charge in [0.25, 0.3) is 5.91 Å². The summed E-state index contributed by atoms with van der Waals surface area (Å²) >= 11 is 6.05. The lowest BCUT2D eigenvalue weighted by Gasteiger charge is -2.11. The van der Waals surface area contributed by atoms with Crippen LogP contribution in [0.25, 0.3) is 0 Å². The van der Waals surface area contributed by atoms with Crippen LogP contribution >= 0.6 is 11.6 Å². The number of carbonyl (C=O) groups is 1. The van der Waals surface area contributed by atoms with Gasteiger partial charge < -0.3 is 15.8 Å². The minimum Gasteiger partial charge on any atom is -0.494 e. The molecule has 3 N–H and O–H groups in total. The monoisotopic (exact) mass is 304 g/mol. The molecule has 2 rings (SSSR count). The van der Waals surface area contributed by atoms with Gasteiger partial charge in [0.05, 0.1) is 18.0 Å². The SMILES string of the molecule is CCOc1cccc(C(=O)Nc2cc(Cl)c(C)cc2N)c1. The minimum atomic E-state index is -0.261. The molecule has 0 saturated carbocycles. The lowest BCUT2D eigenvalue weighted by atomic mass is 10.1. The van der Waals surface area contributed by atoms with Crippen LogP contribution in [0.2, 0.25) is 5.02 Å². The van der Waals surface area contributed by atoms with Crippen LogP contribution < -0.4 is 15.8 Å². The Bertz CT molecular complexity index is 671. The minimum absolute atomic E-state index is 0.261. The van der Waals surface area contributed by atoms with Crippen LogP contribution in [0.4, 0.5) is 11.4 Å². The van der Waals surface area contributed by atoms with E-state index in [1.807, 2.05) is 13.8 Å². The number of benzene rings is 2. The van der Waals surface area contributed by atoms with Crippen molar-refractivity contribution >= 4 is 28.9 Å². The molecule has 5 heteroatoms. The van der Waals surface area contributed by atoms with Gasteiger partial charge in [-0.2, -0.15) is 0 Å². The highest BCUT2D eigenvalue weighted by atomic mass is 35.5. The third kappa shape index (κ3) is 3.67. The predicted octanol–water partition coefficient (Wildman–Crippen LogP) is 3.88. The van der Waals surface area contributed by atoms with E-state index in [0.29, 0.717) is 34.3 Å². The van der Waals surface area contributed by atoms with E-state index in [4.69, 9.17) is 22.1 Å². The van der Waals surface area contributed by atoms with Crippen molar-refractivity contribution < 1.29 is 9.53 Å². The smallest absolute Gasteiger partial charge is 0.255 e. The van der Waals surface area contributed by atoms with Crippen LogP contribution in [0, 0.1) is 6.92 Å². The van der Waals surface area contributed by atoms with Gasteiger partial charge in [-0.25, -0.2) is 0 Å². The summed E-state index contributed by atoms with van der Waals surface area (Å²) in [4.78, 5) is 12.3. The van der Waals surface area contributed by atoms with Crippen LogP contribution in [0.5, 0.6) is 5.75 Å². The molecule has 0 aliphatic rings. The van der Waals surface area contributed by atoms with Gasteiger partial charge in [-0.3, -0.25) is 4.79 Å². The van der Waals surface area contributed by atoms with Gasteiger partial charge in [0.1, 0.15) is 5.75 Å². The summed E-state index contributed by atoms with van der Waals surface area (Å²) in [6, 6.07) is 10.3. The highest BCUT2D eigenvalue weighted by Crippen LogP contribution is 2.27. The molecule has 0 aliphatic heterocycles. The standard InChI is InChI=1S/C16H17ClN2O2/c1-3-21-12-6-4-5-11(8-12)16(20)19-15-9-13(17)10(2)7-14(15)18/h4-9H,3,18H2,1-2H3,(H,19,20). The van der Waals surface area contributed by atoms with E-state index in [1.54, 1.807) is 36.4 Å². The Balaban J connectivity index is 2.22. The molecule has 0 aliphatic carbocycles. The lowest BCUT2D eigenvalue weighted by Crippen LogP contribution is -2.13. The summed E-state index contributed by atoms with van der Waals surface area (Å²) < 4.78 is 5.38. The molecule has 0 heterocycles. The molecule has 4 nitrogen and oxygen atoms in total. The van der Waals surface area contributed by atoms with E-state index >= 15 is 0 Å². The number of amides is 1. The van der Waals surface area contributed by atoms with E-state index in [-0.39, 0.29) is 5.91 Å². The Labute approximate surface area is 128 Å². The van der Waals surface area contributed by atoms with Crippen molar-refractivity contribution in [1.82, 2.24) is 0 Å². The number of halogens is 1. The Kier molecular flexibility index (Phi) is 4.70. The molecule has 0 bridgehead atoms. The lowest BCUT2D eigenvalue weighted by molar-refractivity contribution is 0.102. The molecule has 0 unspecified atom stereocenters. The molecular formula is C16H17ClN2O2. The average Bonchev–Trinajstić information content (AvgIpc) is 2.45. The van der Waals surface area contributed by atoms with Gasteiger partial charge in [-0.1, -0.05) is 17.7 Å². The molecule has 0 radical (unpaired) electrons. The van der Waals surface area contributed by atoms with Crippen LogP contribution in [0.15, 0.2) is 36.4 Å². The zero-order chi connectivity index (χ0) is 15.4. The van der Waals surface area contributed by atoms with E-state index in [9.17, 15) is 4.79 Å². The normalized spacial score (nSPS) is 10.2. The average molecular weight is 305 g/mol. The van der Waals surface area contributed by atoms with Crippen molar-refractivity contribution in [1.29, 1.82) is 0 Å². The molecule has 110 valence electrons. The molecule has 2 aromatic carbocycles. The number of hydrogen-bond donors (Lipinski definition) is 2. The van der Waals surface area contributed by atoms with Crippen molar-refractivity contribution in [2.24, 2.45) is 0 Å². The fourth-order valence-corrected chi connectivity index (χ4v) is 2.06. The topological polar surface area (TPSA) is 64.3 Å². The van der Waals surface area contributed by atoms with Crippen LogP contribution in [-0.2, 0) is 0 Å². The maximum absolute atomic E-state index is 12.3. The van der Waals surface area contributed by atoms with Crippen molar-refractivity contribution in [3.63, 3.8) is 0 Å². The summed E-state index contributed by atoms with van der Waals surface area (Å²) in [6.07, 6.45) is 0. The molecule has 0 spiro atoms. The van der Waals surface area contributed by atoms with Crippen molar-refractivity contribution in [3.8, 4) is 5.75 Å². The molecule has 0 saturated heterocycles. The predicted molar refractivity (Wildman–Crippen MR) is 86.2 cm³/mol. The second-order valence-electron chi connectivity index (χ2n) is 4.60. The number of nitrogens with two attached hydrogens (primary N) is 1. The summed E-state index contributed by atoms with van der Waals surface area (Å²) in [7, 11) is 0. The van der Waals surface area contributed by atoms with Crippen LogP contribution in [-0.4, -0.2) is 12.5 Å². The molecule has 2 aromatic rings. The zero-order valence-electron chi connectivity index (χ0n) is 11.9. The molecule has 1 amide bonds. The van der Waals surface area contributed by atoms with Crippen molar-refractivity contribution in [3.05, 3.63) is 52.5 Å². The number of ether oxygens (including phenoxy) is 1. The van der Waals surface area contributed by atoms with E-state index in [1.165, 1.54) is 0 Å². The van der Waals surface area contributed by atoms with E-state index in [2.05, 4.69) is 5.32 Å². The highest BCUT2D eigenvalue weighted by molar-refractivity contribution is 6.32. The first kappa shape index (κ1) is 15.2. The molecule has 0 aromatic heterocycles. The molecular weight excluding hydrogens is 288 g/mol. The first-order chi connectivity index (χ1) is 10.0. The first-order valence-corrected chi connectivity index (χ1v) is 6.99. The van der Waals surface area contributed by atoms with E-state index < -0.39 is 0 Å². The number of carbonyl (C=O) groups excluding carboxylic acids is 1. The largest absolute Gasteiger partial charge is 0.494 e. The highest BCUT2D eigenvalue weighted by Gasteiger charge is 2.10. The second kappa shape index (κ2) is 6.50. The van der Waals surface area contributed by atoms with Gasteiger partial charge in [-0.15, -0.1) is 0 Å². The van der Waals surface area contributed by atoms with Gasteiger partial charge in [0.15, 0.2) is 0 Å². The fraction of sp³-hybridized carbons (Fsp3) is 0.188. The van der Waals surface area contributed by atoms with Gasteiger partial charge in [0, 0.05) is 10.6 Å². The van der Waals surface area contributed by atoms with Crippen molar-refractivity contribution in [2.45, 2.75) is 13.8 Å². The Morgan fingerprint density at radius 1 is 1.33 bits per heavy atom. The van der Waals surface area contributed by atoms with Crippen molar-refractivity contribution in [2.75, 3.05) is 17.7 Å². The number of hydrogen-bond acceptors (Lipinski definition) is 3. The number of nitrogen functional groups attached to an aromatic ring is 1. The summed E-state index contributed by atoms with van der Waals surface area (Å²) in [5.74, 6) is 0.392. The molecule has 0 fully saturated rings. The fourth-order valence-electron chi connectivity index (χ4n) is 1.90. The second-order valence-corrected chi connectivity index (χ2v) is 5.01. The maximum atomic E-state index is 12.3. The summed E-state index contributed by atoms with van der Waals surface area (Å²) in [5, 5.41) is 3.32. The Hall–Kier alpha value is -2.20. The summed E-state index contributed by atoms with van der Waals surface area (Å²) in [6.45, 7) is 4.29. The van der Waals surface area contributed by atoms with Gasteiger partial charge in [-0.05, 0) is 49.7 Å². The summed E-state index contributed by atoms with van der Waals surface area (Å²) in [5.41, 5.74) is 8.24. The van der Waals surface area contributed by atoms with Crippen LogP contribution in [0.3, 0.4) is 0 Å². The quantitative estimate of drug-likeness (QED) is 0.842. The van der Waals surface area contributed by atoms with E-state index in [0.717, 1.165) is 5.56 Å². The van der Waals surface area contributed by atoms with Crippen LogP contribution in [0.1, 0.15) is 22.8 Å². The first-order valence-electron chi connectivity index (χ1n) is 6.61. The number of rotatable bonds is 4. The molecule has 21 heavy (non-hydrogen) atoms. The maximum Gasteiger partial charge on any atom is 0.255 e. The van der Waals surface area contributed by atoms with Gasteiger partial charge >= 0.3 is 0 Å². The third-order valence-corrected chi connectivity index (χ3v) is 3.39. The zero-order valence-corrected chi connectivity index (χ0v) is 12.7. The number of aryl methyl sites for hydroxylation is 1. The Morgan fingerprint density at radius 3 is 2.81 bits per heavy atom. The number of nitrogens with one attached hydrogen (secondary N) is 1. The number of anilines is 2.